The minimum atomic E-state index is 0.146. The lowest BCUT2D eigenvalue weighted by Gasteiger charge is -2.04. The van der Waals surface area contributed by atoms with Crippen molar-refractivity contribution in [2.24, 2.45) is 0 Å². The van der Waals surface area contributed by atoms with E-state index in [4.69, 9.17) is 0 Å². The van der Waals surface area contributed by atoms with Gasteiger partial charge in [-0.25, -0.2) is 0 Å². The summed E-state index contributed by atoms with van der Waals surface area (Å²) in [5.74, 6) is 0.146. The number of fused-ring (bicyclic) bond motifs is 4. The van der Waals surface area contributed by atoms with E-state index in [9.17, 15) is 4.79 Å². The van der Waals surface area contributed by atoms with E-state index in [2.05, 4.69) is 31.2 Å². The van der Waals surface area contributed by atoms with Crippen molar-refractivity contribution in [3.8, 4) is 11.1 Å². The van der Waals surface area contributed by atoms with E-state index in [1.54, 1.807) is 0 Å². The first kappa shape index (κ1) is 10.5. The highest BCUT2D eigenvalue weighted by Gasteiger charge is 2.26. The first-order chi connectivity index (χ1) is 9.24. The maximum Gasteiger partial charge on any atom is 0.194 e. The van der Waals surface area contributed by atoms with Gasteiger partial charge in [0.05, 0.1) is 0 Å². The molecule has 0 fully saturated rings. The normalized spacial score (nSPS) is 12.6. The second-order valence-corrected chi connectivity index (χ2v) is 5.12. The average Bonchev–Trinajstić information content (AvgIpc) is 2.70. The molecule has 3 aromatic rings. The Balaban J connectivity index is 2.11. The molecule has 1 aliphatic carbocycles. The lowest BCUT2D eigenvalue weighted by molar-refractivity contribution is 0.104. The van der Waals surface area contributed by atoms with Gasteiger partial charge in [0.15, 0.2) is 5.78 Å². The number of hydrogen-bond donors (Lipinski definition) is 0. The zero-order chi connectivity index (χ0) is 13.0. The van der Waals surface area contributed by atoms with Crippen LogP contribution >= 0.6 is 0 Å². The number of benzene rings is 3. The molecule has 1 aliphatic rings. The number of carbonyl (C=O) groups excluding carboxylic acids is 1. The van der Waals surface area contributed by atoms with Crippen LogP contribution in [0.4, 0.5) is 0 Å². The standard InChI is InChI=1S/C18H12O/c1-11-6-7-12-9-17-16(10-13(12)8-11)14-4-2-3-5-15(14)18(17)19/h2-10H,1H3. The van der Waals surface area contributed by atoms with E-state index < -0.39 is 0 Å². The zero-order valence-electron chi connectivity index (χ0n) is 10.6. The molecule has 0 amide bonds. The first-order valence-electron chi connectivity index (χ1n) is 6.42. The molecule has 0 heterocycles. The van der Waals surface area contributed by atoms with Gasteiger partial charge in [-0.15, -0.1) is 0 Å². The van der Waals surface area contributed by atoms with E-state index in [0.29, 0.717) is 0 Å². The third kappa shape index (κ3) is 1.39. The SMILES string of the molecule is Cc1ccc2cc3c(cc2c1)-c1ccccc1C3=O. The molecule has 19 heavy (non-hydrogen) atoms. The minimum absolute atomic E-state index is 0.146. The van der Waals surface area contributed by atoms with Gasteiger partial charge in [0.2, 0.25) is 0 Å². The summed E-state index contributed by atoms with van der Waals surface area (Å²) in [5, 5.41) is 2.33. The number of ketones is 1. The fourth-order valence-electron chi connectivity index (χ4n) is 2.89. The molecule has 1 nitrogen and oxygen atoms in total. The van der Waals surface area contributed by atoms with Gasteiger partial charge in [-0.3, -0.25) is 4.79 Å². The monoisotopic (exact) mass is 244 g/mol. The van der Waals surface area contributed by atoms with Crippen LogP contribution in [0.2, 0.25) is 0 Å². The molecular weight excluding hydrogens is 232 g/mol. The molecule has 0 spiro atoms. The van der Waals surface area contributed by atoms with Crippen LogP contribution in [0, 0.1) is 6.92 Å². The smallest absolute Gasteiger partial charge is 0.194 e. The van der Waals surface area contributed by atoms with Crippen molar-refractivity contribution in [3.63, 3.8) is 0 Å². The van der Waals surface area contributed by atoms with Crippen LogP contribution in [0.15, 0.2) is 54.6 Å². The highest BCUT2D eigenvalue weighted by Crippen LogP contribution is 2.38. The lowest BCUT2D eigenvalue weighted by Crippen LogP contribution is -1.94. The van der Waals surface area contributed by atoms with Crippen molar-refractivity contribution in [1.29, 1.82) is 0 Å². The summed E-state index contributed by atoms with van der Waals surface area (Å²) in [5.41, 5.74) is 5.02. The largest absolute Gasteiger partial charge is 0.289 e. The molecule has 0 saturated carbocycles. The number of aryl methyl sites for hydroxylation is 1. The van der Waals surface area contributed by atoms with E-state index >= 15 is 0 Å². The molecule has 0 N–H and O–H groups in total. The van der Waals surface area contributed by atoms with Gasteiger partial charge in [-0.2, -0.15) is 0 Å². The molecule has 0 atom stereocenters. The van der Waals surface area contributed by atoms with Crippen molar-refractivity contribution in [2.45, 2.75) is 6.92 Å². The fraction of sp³-hybridized carbons (Fsp3) is 0.0556. The van der Waals surface area contributed by atoms with E-state index in [0.717, 1.165) is 27.6 Å². The van der Waals surface area contributed by atoms with Crippen LogP contribution in [-0.4, -0.2) is 5.78 Å². The summed E-state index contributed by atoms with van der Waals surface area (Å²) in [6, 6.07) is 18.3. The zero-order valence-corrected chi connectivity index (χ0v) is 10.6. The van der Waals surface area contributed by atoms with E-state index in [1.165, 1.54) is 10.9 Å². The van der Waals surface area contributed by atoms with Crippen molar-refractivity contribution >= 4 is 16.6 Å². The summed E-state index contributed by atoms with van der Waals surface area (Å²) in [6.45, 7) is 2.09. The van der Waals surface area contributed by atoms with Crippen LogP contribution < -0.4 is 0 Å². The first-order valence-corrected chi connectivity index (χ1v) is 6.42. The van der Waals surface area contributed by atoms with Crippen molar-refractivity contribution < 1.29 is 4.79 Å². The Morgan fingerprint density at radius 1 is 0.684 bits per heavy atom. The van der Waals surface area contributed by atoms with Crippen molar-refractivity contribution in [1.82, 2.24) is 0 Å². The summed E-state index contributed by atoms with van der Waals surface area (Å²) in [7, 11) is 0. The van der Waals surface area contributed by atoms with Gasteiger partial charge >= 0.3 is 0 Å². The maximum atomic E-state index is 12.4. The van der Waals surface area contributed by atoms with Gasteiger partial charge in [-0.05, 0) is 41.0 Å². The average molecular weight is 244 g/mol. The van der Waals surface area contributed by atoms with E-state index in [-0.39, 0.29) is 5.78 Å². The lowest BCUT2D eigenvalue weighted by atomic mass is 9.99. The van der Waals surface area contributed by atoms with Gasteiger partial charge in [0.25, 0.3) is 0 Å². The second kappa shape index (κ2) is 3.55. The van der Waals surface area contributed by atoms with Gasteiger partial charge in [0, 0.05) is 11.1 Å². The Labute approximate surface area is 111 Å². The molecule has 0 aliphatic heterocycles. The minimum Gasteiger partial charge on any atom is -0.289 e. The van der Waals surface area contributed by atoms with Crippen molar-refractivity contribution in [2.75, 3.05) is 0 Å². The molecule has 4 rings (SSSR count). The molecule has 0 radical (unpaired) electrons. The van der Waals surface area contributed by atoms with Crippen LogP contribution in [0.5, 0.6) is 0 Å². The Kier molecular flexibility index (Phi) is 1.96. The summed E-state index contributed by atoms with van der Waals surface area (Å²) >= 11 is 0. The number of rotatable bonds is 0. The van der Waals surface area contributed by atoms with E-state index in [1.807, 2.05) is 30.3 Å². The van der Waals surface area contributed by atoms with Crippen LogP contribution in [0.25, 0.3) is 21.9 Å². The molecule has 0 saturated heterocycles. The predicted octanol–water partition coefficient (Wildman–Crippen LogP) is 4.36. The predicted molar refractivity (Wildman–Crippen MR) is 77.6 cm³/mol. The molecule has 0 unspecified atom stereocenters. The summed E-state index contributed by atoms with van der Waals surface area (Å²) < 4.78 is 0. The van der Waals surface area contributed by atoms with Gasteiger partial charge < -0.3 is 0 Å². The van der Waals surface area contributed by atoms with Gasteiger partial charge in [-0.1, -0.05) is 48.0 Å². The molecule has 0 aromatic heterocycles. The number of hydrogen-bond acceptors (Lipinski definition) is 1. The Morgan fingerprint density at radius 3 is 2.26 bits per heavy atom. The third-order valence-corrected chi connectivity index (χ3v) is 3.84. The number of carbonyl (C=O) groups is 1. The maximum absolute atomic E-state index is 12.4. The Morgan fingerprint density at radius 2 is 1.42 bits per heavy atom. The molecule has 1 heteroatoms. The van der Waals surface area contributed by atoms with Crippen LogP contribution in [0.1, 0.15) is 21.5 Å². The molecular formula is C18H12O. The summed E-state index contributed by atoms with van der Waals surface area (Å²) in [6.07, 6.45) is 0. The molecule has 0 bridgehead atoms. The fourth-order valence-corrected chi connectivity index (χ4v) is 2.89. The second-order valence-electron chi connectivity index (χ2n) is 5.12. The highest BCUT2D eigenvalue weighted by molar-refractivity contribution is 6.23. The topological polar surface area (TPSA) is 17.1 Å². The van der Waals surface area contributed by atoms with Crippen LogP contribution in [-0.2, 0) is 0 Å². The van der Waals surface area contributed by atoms with Crippen LogP contribution in [0.3, 0.4) is 0 Å². The third-order valence-electron chi connectivity index (χ3n) is 3.84. The Hall–Kier alpha value is -2.41. The summed E-state index contributed by atoms with van der Waals surface area (Å²) in [4.78, 5) is 12.4. The Bertz CT molecular complexity index is 843. The van der Waals surface area contributed by atoms with Crippen molar-refractivity contribution in [3.05, 3.63) is 71.3 Å². The quantitative estimate of drug-likeness (QED) is 0.449. The highest BCUT2D eigenvalue weighted by atomic mass is 16.1. The molecule has 90 valence electrons. The van der Waals surface area contributed by atoms with Gasteiger partial charge in [0.1, 0.15) is 0 Å². The molecule has 3 aromatic carbocycles.